The largest absolute Gasteiger partial charge is 0.392 e. The molecule has 0 fully saturated rings. The number of aliphatic hydroxyl groups is 1. The van der Waals surface area contributed by atoms with Crippen molar-refractivity contribution in [1.29, 1.82) is 0 Å². The highest BCUT2D eigenvalue weighted by atomic mass is 16.3. The highest BCUT2D eigenvalue weighted by molar-refractivity contribution is 5.58. The Balaban J connectivity index is 2.14. The number of aromatic nitrogens is 3. The smallest absolute Gasteiger partial charge is 0.182 e. The second-order valence-electron chi connectivity index (χ2n) is 3.80. The summed E-state index contributed by atoms with van der Waals surface area (Å²) in [5, 5.41) is 13.4. The molecule has 1 N–H and O–H groups in total. The lowest BCUT2D eigenvalue weighted by molar-refractivity contribution is 0.282. The van der Waals surface area contributed by atoms with Gasteiger partial charge in [0.05, 0.1) is 6.61 Å². The van der Waals surface area contributed by atoms with E-state index in [1.54, 1.807) is 10.7 Å². The molecule has 0 bridgehead atoms. The van der Waals surface area contributed by atoms with Crippen LogP contribution in [-0.4, -0.2) is 19.7 Å². The van der Waals surface area contributed by atoms with Gasteiger partial charge in [0.25, 0.3) is 0 Å². The molecule has 0 radical (unpaired) electrons. The number of hydrogen-bond donors (Lipinski definition) is 1. The Morgan fingerprint density at radius 2 is 1.94 bits per heavy atom. The quantitative estimate of drug-likeness (QED) is 0.724. The van der Waals surface area contributed by atoms with Crippen molar-refractivity contribution in [3.05, 3.63) is 54.2 Å². The van der Waals surface area contributed by atoms with E-state index in [2.05, 4.69) is 10.1 Å². The van der Waals surface area contributed by atoms with Gasteiger partial charge in [-0.1, -0.05) is 30.3 Å². The number of hydrogen-bond acceptors (Lipinski definition) is 3. The number of benzene rings is 1. The Hall–Kier alpha value is -2.20. The standard InChI is InChI=1S/C13H11N3O/c17-9-10-6-7-16-12(8-10)14-13(15-16)11-4-2-1-3-5-11/h1-8,17H,9H2. The van der Waals surface area contributed by atoms with Crippen molar-refractivity contribution in [3.8, 4) is 11.4 Å². The summed E-state index contributed by atoms with van der Waals surface area (Å²) in [6.07, 6.45) is 1.81. The Morgan fingerprint density at radius 1 is 1.12 bits per heavy atom. The highest BCUT2D eigenvalue weighted by Crippen LogP contribution is 2.16. The van der Waals surface area contributed by atoms with Crippen molar-refractivity contribution in [2.75, 3.05) is 0 Å². The summed E-state index contributed by atoms with van der Waals surface area (Å²) in [5.41, 5.74) is 2.57. The molecule has 3 rings (SSSR count). The second-order valence-corrected chi connectivity index (χ2v) is 3.80. The normalized spacial score (nSPS) is 10.9. The third kappa shape index (κ3) is 1.79. The zero-order valence-electron chi connectivity index (χ0n) is 9.11. The predicted octanol–water partition coefficient (Wildman–Crippen LogP) is 1.89. The summed E-state index contributed by atoms with van der Waals surface area (Å²) in [7, 11) is 0. The molecule has 3 aromatic rings. The van der Waals surface area contributed by atoms with Crippen LogP contribution >= 0.6 is 0 Å². The van der Waals surface area contributed by atoms with E-state index in [9.17, 15) is 0 Å². The lowest BCUT2D eigenvalue weighted by atomic mass is 10.2. The van der Waals surface area contributed by atoms with E-state index in [0.717, 1.165) is 16.8 Å². The van der Waals surface area contributed by atoms with E-state index in [1.165, 1.54) is 0 Å². The molecule has 4 heteroatoms. The van der Waals surface area contributed by atoms with Crippen LogP contribution < -0.4 is 0 Å². The molecule has 2 heterocycles. The van der Waals surface area contributed by atoms with Gasteiger partial charge in [-0.05, 0) is 17.7 Å². The molecule has 0 aliphatic carbocycles. The maximum Gasteiger partial charge on any atom is 0.182 e. The summed E-state index contributed by atoms with van der Waals surface area (Å²) >= 11 is 0. The van der Waals surface area contributed by atoms with Gasteiger partial charge >= 0.3 is 0 Å². The van der Waals surface area contributed by atoms with E-state index in [4.69, 9.17) is 5.11 Å². The fraction of sp³-hybridized carbons (Fsp3) is 0.0769. The van der Waals surface area contributed by atoms with Gasteiger partial charge in [-0.25, -0.2) is 9.50 Å². The third-order valence-corrected chi connectivity index (χ3v) is 2.62. The Bertz CT molecular complexity index is 646. The van der Waals surface area contributed by atoms with Crippen molar-refractivity contribution in [2.45, 2.75) is 6.61 Å². The monoisotopic (exact) mass is 225 g/mol. The summed E-state index contributed by atoms with van der Waals surface area (Å²) in [6, 6.07) is 13.5. The number of aliphatic hydroxyl groups excluding tert-OH is 1. The van der Waals surface area contributed by atoms with Crippen molar-refractivity contribution in [1.82, 2.24) is 14.6 Å². The topological polar surface area (TPSA) is 50.4 Å². The summed E-state index contributed by atoms with van der Waals surface area (Å²) in [6.45, 7) is 0.0179. The maximum atomic E-state index is 9.06. The first-order valence-corrected chi connectivity index (χ1v) is 5.38. The second kappa shape index (κ2) is 3.99. The van der Waals surface area contributed by atoms with Gasteiger partial charge in [-0.15, -0.1) is 5.10 Å². The molecule has 1 aromatic carbocycles. The first kappa shape index (κ1) is 9.99. The first-order valence-electron chi connectivity index (χ1n) is 5.38. The zero-order chi connectivity index (χ0) is 11.7. The fourth-order valence-electron chi connectivity index (χ4n) is 1.73. The van der Waals surface area contributed by atoms with Gasteiger partial charge < -0.3 is 5.11 Å². The third-order valence-electron chi connectivity index (χ3n) is 2.62. The number of nitrogens with zero attached hydrogens (tertiary/aromatic N) is 3. The van der Waals surface area contributed by atoms with E-state index in [-0.39, 0.29) is 6.61 Å². The van der Waals surface area contributed by atoms with Crippen LogP contribution in [0.5, 0.6) is 0 Å². The van der Waals surface area contributed by atoms with Crippen LogP contribution in [0, 0.1) is 0 Å². The molecule has 0 unspecified atom stereocenters. The predicted molar refractivity (Wildman–Crippen MR) is 64.3 cm³/mol. The van der Waals surface area contributed by atoms with Gasteiger partial charge in [-0.3, -0.25) is 0 Å². The van der Waals surface area contributed by atoms with E-state index in [1.807, 2.05) is 42.5 Å². The Kier molecular flexibility index (Phi) is 2.34. The summed E-state index contributed by atoms with van der Waals surface area (Å²) in [5.74, 6) is 0.695. The molecule has 0 spiro atoms. The van der Waals surface area contributed by atoms with Crippen molar-refractivity contribution < 1.29 is 5.11 Å². The number of pyridine rings is 1. The Labute approximate surface area is 98.2 Å². The fourth-order valence-corrected chi connectivity index (χ4v) is 1.73. The molecule has 17 heavy (non-hydrogen) atoms. The van der Waals surface area contributed by atoms with Gasteiger partial charge in [0, 0.05) is 11.8 Å². The van der Waals surface area contributed by atoms with Crippen LogP contribution in [0.4, 0.5) is 0 Å². The van der Waals surface area contributed by atoms with E-state index >= 15 is 0 Å². The minimum absolute atomic E-state index is 0.0179. The molecule has 2 aromatic heterocycles. The van der Waals surface area contributed by atoms with Crippen molar-refractivity contribution in [3.63, 3.8) is 0 Å². The van der Waals surface area contributed by atoms with Crippen LogP contribution in [0.3, 0.4) is 0 Å². The highest BCUT2D eigenvalue weighted by Gasteiger charge is 2.05. The lowest BCUT2D eigenvalue weighted by Crippen LogP contribution is -1.89. The molecule has 0 aliphatic rings. The van der Waals surface area contributed by atoms with Gasteiger partial charge in [0.15, 0.2) is 11.5 Å². The van der Waals surface area contributed by atoms with Crippen LogP contribution in [0.25, 0.3) is 17.0 Å². The molecular weight excluding hydrogens is 214 g/mol. The lowest BCUT2D eigenvalue weighted by Gasteiger charge is -1.94. The van der Waals surface area contributed by atoms with E-state index < -0.39 is 0 Å². The Morgan fingerprint density at radius 3 is 2.71 bits per heavy atom. The molecule has 4 nitrogen and oxygen atoms in total. The molecule has 0 saturated heterocycles. The van der Waals surface area contributed by atoms with Gasteiger partial charge in [-0.2, -0.15) is 0 Å². The van der Waals surface area contributed by atoms with Crippen LogP contribution in [0.1, 0.15) is 5.56 Å². The van der Waals surface area contributed by atoms with E-state index in [0.29, 0.717) is 5.82 Å². The summed E-state index contributed by atoms with van der Waals surface area (Å²) in [4.78, 5) is 4.43. The average Bonchev–Trinajstić information content (AvgIpc) is 2.82. The maximum absolute atomic E-state index is 9.06. The molecular formula is C13H11N3O. The number of fused-ring (bicyclic) bond motifs is 1. The minimum atomic E-state index is 0.0179. The van der Waals surface area contributed by atoms with Crippen molar-refractivity contribution in [2.24, 2.45) is 0 Å². The van der Waals surface area contributed by atoms with Crippen LogP contribution in [0.2, 0.25) is 0 Å². The minimum Gasteiger partial charge on any atom is -0.392 e. The zero-order valence-corrected chi connectivity index (χ0v) is 9.11. The molecule has 84 valence electrons. The molecule has 0 atom stereocenters. The molecule has 0 aliphatic heterocycles. The number of rotatable bonds is 2. The molecule has 0 saturated carbocycles. The molecule has 0 amide bonds. The first-order chi connectivity index (χ1) is 8.36. The van der Waals surface area contributed by atoms with Gasteiger partial charge in [0.1, 0.15) is 0 Å². The van der Waals surface area contributed by atoms with Crippen LogP contribution in [-0.2, 0) is 6.61 Å². The van der Waals surface area contributed by atoms with Gasteiger partial charge in [0.2, 0.25) is 0 Å². The van der Waals surface area contributed by atoms with Crippen LogP contribution in [0.15, 0.2) is 48.7 Å². The summed E-state index contributed by atoms with van der Waals surface area (Å²) < 4.78 is 1.71. The van der Waals surface area contributed by atoms with Crippen molar-refractivity contribution >= 4 is 5.65 Å². The SMILES string of the molecule is OCc1ccn2nc(-c3ccccc3)nc2c1. The average molecular weight is 225 g/mol.